The minimum Gasteiger partial charge on any atom is -0.478 e. The molecule has 7 rings (SSSR count). The largest absolute Gasteiger partial charge is 0.478 e. The first-order valence-electron chi connectivity index (χ1n) is 16.8. The number of Topliss-reactive ketones (excluding diaryl/α,β-unsaturated/α-hetero) is 2. The van der Waals surface area contributed by atoms with Crippen LogP contribution >= 0.6 is 0 Å². The van der Waals surface area contributed by atoms with Gasteiger partial charge in [-0.2, -0.15) is 27.0 Å². The fraction of sp³-hybridized carbons (Fsp3) is 0. The van der Waals surface area contributed by atoms with Gasteiger partial charge in [-0.25, -0.2) is 9.59 Å². The van der Waals surface area contributed by atoms with Crippen molar-refractivity contribution in [2.45, 2.75) is 0 Å². The van der Waals surface area contributed by atoms with Crippen molar-refractivity contribution in [3.05, 3.63) is 149 Å². The van der Waals surface area contributed by atoms with Gasteiger partial charge in [-0.15, -0.1) is 0 Å². The van der Waals surface area contributed by atoms with Gasteiger partial charge in [0.05, 0.1) is 22.5 Å². The summed E-state index contributed by atoms with van der Waals surface area (Å²) >= 11 is 0. The Bertz CT molecular complexity index is 2980. The number of carboxylic acids is 2. The molecular formula is C38H24N6O14S2. The Kier molecular flexibility index (Phi) is 10.1. The standard InChI is InChI=1S/C38H24N6O14S2/c45-33-25-9-7-21(13-19(25)15-27(59(53,54)55)29(33)43-41-23-5-1-3-17(11-23)37(49)50)39-31-32(36(48)35(31)47)40-22-8-10-26-20(14-22)16-28(60(56,57)58)30(34(26)46)44-42-24-6-2-4-18(12-24)38(51)52/h1-16,39-42H,(H,49,50)(H,51,52)(H,53,54,55)(H,56,57,58)/b43-29-,44-30-. The number of carbonyl (C=O) groups is 4. The average Bonchev–Trinajstić information content (AvgIpc) is 3.20. The van der Waals surface area contributed by atoms with Crippen molar-refractivity contribution < 1.29 is 55.3 Å². The summed E-state index contributed by atoms with van der Waals surface area (Å²) in [6.07, 6.45) is 1.89. The van der Waals surface area contributed by atoms with E-state index in [0.717, 1.165) is 12.2 Å². The van der Waals surface area contributed by atoms with Crippen LogP contribution in [-0.4, -0.2) is 71.1 Å². The van der Waals surface area contributed by atoms with Crippen LogP contribution in [-0.2, 0) is 20.2 Å². The normalized spacial score (nSPS) is 15.2. The van der Waals surface area contributed by atoms with Crippen molar-refractivity contribution in [3.63, 3.8) is 0 Å². The fourth-order valence-electron chi connectivity index (χ4n) is 6.04. The molecule has 0 aromatic heterocycles. The van der Waals surface area contributed by atoms with Crippen molar-refractivity contribution in [1.82, 2.24) is 0 Å². The van der Waals surface area contributed by atoms with Crippen LogP contribution in [0.3, 0.4) is 0 Å². The number of anilines is 6. The summed E-state index contributed by atoms with van der Waals surface area (Å²) in [5.74, 6) is -4.39. The molecule has 5 aromatic rings. The Labute approximate surface area is 336 Å². The third kappa shape index (κ3) is 7.84. The number of nitrogens with zero attached hydrogens (tertiary/aromatic N) is 2. The monoisotopic (exact) mass is 852 g/mol. The average molecular weight is 853 g/mol. The van der Waals surface area contributed by atoms with Crippen LogP contribution in [0.15, 0.2) is 115 Å². The Balaban J connectivity index is 1.15. The number of hydrazone groups is 2. The number of hydrogen-bond acceptors (Lipinski definition) is 16. The maximum Gasteiger partial charge on any atom is 0.335 e. The molecule has 0 atom stereocenters. The van der Waals surface area contributed by atoms with E-state index in [1.807, 2.05) is 0 Å². The molecule has 2 aliphatic carbocycles. The number of benzene rings is 4. The highest BCUT2D eigenvalue weighted by atomic mass is 32.2. The van der Waals surface area contributed by atoms with E-state index in [4.69, 9.17) is 0 Å². The number of carbonyl (C=O) groups excluding carboxylic acids is 2. The van der Waals surface area contributed by atoms with E-state index >= 15 is 0 Å². The van der Waals surface area contributed by atoms with Crippen LogP contribution in [0.5, 0.6) is 0 Å². The van der Waals surface area contributed by atoms with Crippen LogP contribution in [0, 0.1) is 0 Å². The molecule has 0 bridgehead atoms. The number of nitrogens with one attached hydrogen (secondary N) is 4. The number of ketones is 2. The van der Waals surface area contributed by atoms with E-state index in [1.54, 1.807) is 0 Å². The van der Waals surface area contributed by atoms with Gasteiger partial charge in [0.2, 0.25) is 11.6 Å². The van der Waals surface area contributed by atoms with Gasteiger partial charge >= 0.3 is 11.9 Å². The lowest BCUT2D eigenvalue weighted by molar-refractivity contribution is 0.0686. The lowest BCUT2D eigenvalue weighted by Crippen LogP contribution is -2.36. The number of allylic oxidation sites excluding steroid dienone is 2. The Morgan fingerprint density at radius 2 is 0.900 bits per heavy atom. The van der Waals surface area contributed by atoms with Crippen molar-refractivity contribution in [2.24, 2.45) is 10.2 Å². The molecule has 0 saturated carbocycles. The molecule has 20 nitrogen and oxygen atoms in total. The molecule has 0 saturated heterocycles. The minimum absolute atomic E-state index is 0.0367. The third-order valence-corrected chi connectivity index (χ3v) is 10.6. The van der Waals surface area contributed by atoms with Crippen LogP contribution in [0.1, 0.15) is 52.6 Å². The number of hydrogen-bond donors (Lipinski definition) is 8. The molecule has 60 heavy (non-hydrogen) atoms. The molecular weight excluding hydrogens is 829 g/mol. The van der Waals surface area contributed by atoms with E-state index in [9.17, 15) is 64.9 Å². The smallest absolute Gasteiger partial charge is 0.335 e. The van der Waals surface area contributed by atoms with Gasteiger partial charge in [-0.3, -0.25) is 39.1 Å². The summed E-state index contributed by atoms with van der Waals surface area (Å²) in [7, 11) is -10.1. The molecule has 0 spiro atoms. The second kappa shape index (κ2) is 15.1. The molecule has 2 aliphatic rings. The van der Waals surface area contributed by atoms with Crippen LogP contribution in [0.2, 0.25) is 0 Å². The molecule has 8 N–H and O–H groups in total. The molecule has 0 radical (unpaired) electrons. The first-order valence-corrected chi connectivity index (χ1v) is 19.7. The summed E-state index contributed by atoms with van der Waals surface area (Å²) in [5.41, 5.74) is 0.772. The summed E-state index contributed by atoms with van der Waals surface area (Å²) in [6, 6.07) is 18.2. The number of carboxylic acid groups (broad SMARTS) is 2. The van der Waals surface area contributed by atoms with Gasteiger partial charge in [0.25, 0.3) is 31.1 Å². The van der Waals surface area contributed by atoms with Crippen molar-refractivity contribution in [1.29, 1.82) is 0 Å². The maximum absolute atomic E-state index is 13.4. The molecule has 22 heteroatoms. The fourth-order valence-corrected chi connectivity index (χ4v) is 7.36. The topological polar surface area (TPSA) is 324 Å². The van der Waals surface area contributed by atoms with E-state index in [1.165, 1.54) is 84.9 Å². The zero-order valence-corrected chi connectivity index (χ0v) is 31.5. The molecule has 0 fully saturated rings. The molecule has 5 aromatic carbocycles. The maximum atomic E-state index is 13.4. The highest BCUT2D eigenvalue weighted by molar-refractivity contribution is 7.91. The summed E-state index contributed by atoms with van der Waals surface area (Å²) < 4.78 is 69.4. The van der Waals surface area contributed by atoms with Gasteiger partial charge < -0.3 is 20.8 Å². The van der Waals surface area contributed by atoms with Crippen molar-refractivity contribution >= 4 is 101 Å². The lowest BCUT2D eigenvalue weighted by atomic mass is 9.94. The number of aromatic carboxylic acids is 2. The Hall–Kier alpha value is -7.92. The van der Waals surface area contributed by atoms with Gasteiger partial charge in [0.1, 0.15) is 21.2 Å². The SMILES string of the molecule is O=C(O)c1cccc(N/N=C2\C(=O)c3ccc(Nc4c(Nc5ccc6c(c5)C=C(S(=O)(=O)O)/C(=N/Nc5cccc(C(=O)O)c5)C6=O)c(=O)c4=O)cc3C=C2S(=O)(=O)O)c1. The number of rotatable bonds is 12. The second-order valence-electron chi connectivity index (χ2n) is 12.8. The van der Waals surface area contributed by atoms with Gasteiger partial charge in [-0.1, -0.05) is 12.1 Å². The third-order valence-electron chi connectivity index (χ3n) is 8.88. The van der Waals surface area contributed by atoms with Gasteiger partial charge in [0, 0.05) is 22.5 Å². The Morgan fingerprint density at radius 3 is 1.25 bits per heavy atom. The van der Waals surface area contributed by atoms with Crippen LogP contribution in [0.25, 0.3) is 12.2 Å². The highest BCUT2D eigenvalue weighted by Crippen LogP contribution is 2.33. The number of fused-ring (bicyclic) bond motifs is 2. The Morgan fingerprint density at radius 1 is 0.517 bits per heavy atom. The first kappa shape index (κ1) is 40.3. The predicted octanol–water partition coefficient (Wildman–Crippen LogP) is 3.95. The highest BCUT2D eigenvalue weighted by Gasteiger charge is 2.35. The first-order chi connectivity index (χ1) is 28.3. The lowest BCUT2D eigenvalue weighted by Gasteiger charge is -2.20. The van der Waals surface area contributed by atoms with Crippen molar-refractivity contribution in [2.75, 3.05) is 21.5 Å². The zero-order valence-electron chi connectivity index (χ0n) is 29.8. The van der Waals surface area contributed by atoms with E-state index in [0.29, 0.717) is 0 Å². The van der Waals surface area contributed by atoms with Crippen LogP contribution < -0.4 is 32.3 Å². The van der Waals surface area contributed by atoms with Crippen molar-refractivity contribution in [3.8, 4) is 0 Å². The van der Waals surface area contributed by atoms with E-state index < -0.39 is 75.8 Å². The predicted molar refractivity (Wildman–Crippen MR) is 217 cm³/mol. The molecule has 0 unspecified atom stereocenters. The summed E-state index contributed by atoms with van der Waals surface area (Å²) in [5, 5.41) is 31.6. The summed E-state index contributed by atoms with van der Waals surface area (Å²) in [6.45, 7) is 0. The van der Waals surface area contributed by atoms with E-state index in [-0.39, 0.29) is 67.5 Å². The van der Waals surface area contributed by atoms with Crippen LogP contribution in [0.4, 0.5) is 34.1 Å². The van der Waals surface area contributed by atoms with Gasteiger partial charge in [0.15, 0.2) is 11.4 Å². The summed E-state index contributed by atoms with van der Waals surface area (Å²) in [4.78, 5) is 73.2. The molecule has 302 valence electrons. The quantitative estimate of drug-likeness (QED) is 0.0500. The molecule has 0 amide bonds. The second-order valence-corrected chi connectivity index (χ2v) is 15.6. The zero-order chi connectivity index (χ0) is 43.3. The molecule has 0 heterocycles. The van der Waals surface area contributed by atoms with Gasteiger partial charge in [-0.05, 0) is 96.1 Å². The van der Waals surface area contributed by atoms with E-state index in [2.05, 4.69) is 31.7 Å². The molecule has 0 aliphatic heterocycles. The minimum atomic E-state index is -5.07.